The fourth-order valence-electron chi connectivity index (χ4n) is 2.07. The van der Waals surface area contributed by atoms with Crippen molar-refractivity contribution >= 4 is 34.6 Å². The fraction of sp³-hybridized carbons (Fsp3) is 0.529. The molecule has 0 bridgehead atoms. The second-order valence-electron chi connectivity index (χ2n) is 5.10. The van der Waals surface area contributed by atoms with E-state index in [1.165, 1.54) is 12.1 Å². The van der Waals surface area contributed by atoms with Gasteiger partial charge in [-0.2, -0.15) is 0 Å². The van der Waals surface area contributed by atoms with E-state index >= 15 is 0 Å². The maximum atomic E-state index is 12.3. The van der Waals surface area contributed by atoms with Crippen LogP contribution in [0.25, 0.3) is 0 Å². The highest BCUT2D eigenvalue weighted by Gasteiger charge is 2.20. The molecule has 136 valence electrons. The zero-order chi connectivity index (χ0) is 17.2. The smallest absolute Gasteiger partial charge is 0.339 e. The number of carbonyl (C=O) groups is 2. The average Bonchev–Trinajstić information content (AvgIpc) is 2.56. The van der Waals surface area contributed by atoms with Gasteiger partial charge in [-0.05, 0) is 37.7 Å². The molecular weight excluding hydrogens is 376 g/mol. The van der Waals surface area contributed by atoms with E-state index in [4.69, 9.17) is 15.2 Å². The van der Waals surface area contributed by atoms with E-state index in [1.54, 1.807) is 6.07 Å². The Labute approximate surface area is 154 Å². The van der Waals surface area contributed by atoms with Crippen LogP contribution in [0.5, 0.6) is 0 Å². The minimum atomic E-state index is -0.562. The summed E-state index contributed by atoms with van der Waals surface area (Å²) in [6.07, 6.45) is 0.713. The number of hydrogen-bond acceptors (Lipinski definition) is 6. The number of likely N-dealkylation sites (N-methyl/N-ethyl adjacent to an activating group) is 1. The maximum Gasteiger partial charge on any atom is 0.339 e. The van der Waals surface area contributed by atoms with Gasteiger partial charge in [0, 0.05) is 12.2 Å². The highest BCUT2D eigenvalue weighted by molar-refractivity contribution is 8.93. The standard InChI is InChI=1S/C17H26N2O4.BrH/c1-4-10-22-16(20)14-8-7-13(18)12-15(14)17(21)23-11-9-19(5-2)6-3;/h7-8,12H,4-6,9-11,18H2,1-3H3;1H. The summed E-state index contributed by atoms with van der Waals surface area (Å²) in [6, 6.07) is 4.51. The van der Waals surface area contributed by atoms with Gasteiger partial charge in [0.1, 0.15) is 6.61 Å². The number of nitrogen functional groups attached to an aromatic ring is 1. The van der Waals surface area contributed by atoms with Crippen LogP contribution in [-0.2, 0) is 9.47 Å². The fourth-order valence-corrected chi connectivity index (χ4v) is 2.07. The Balaban J connectivity index is 0.00000529. The summed E-state index contributed by atoms with van der Waals surface area (Å²) in [5.41, 5.74) is 6.44. The number of halogens is 1. The Kier molecular flexibility index (Phi) is 11.1. The van der Waals surface area contributed by atoms with E-state index in [1.807, 2.05) is 20.8 Å². The molecule has 24 heavy (non-hydrogen) atoms. The molecule has 0 aliphatic heterocycles. The van der Waals surface area contributed by atoms with E-state index in [-0.39, 0.29) is 34.7 Å². The van der Waals surface area contributed by atoms with E-state index in [9.17, 15) is 9.59 Å². The van der Waals surface area contributed by atoms with Gasteiger partial charge in [-0.15, -0.1) is 17.0 Å². The van der Waals surface area contributed by atoms with Crippen LogP contribution in [-0.4, -0.2) is 49.7 Å². The third-order valence-electron chi connectivity index (χ3n) is 3.46. The molecule has 0 aliphatic carbocycles. The first-order valence-corrected chi connectivity index (χ1v) is 7.99. The van der Waals surface area contributed by atoms with Gasteiger partial charge in [-0.3, -0.25) is 0 Å². The summed E-state index contributed by atoms with van der Waals surface area (Å²) < 4.78 is 10.4. The number of benzene rings is 1. The van der Waals surface area contributed by atoms with Crippen molar-refractivity contribution < 1.29 is 19.1 Å². The van der Waals surface area contributed by atoms with Gasteiger partial charge in [0.2, 0.25) is 0 Å². The van der Waals surface area contributed by atoms with Crippen molar-refractivity contribution in [2.24, 2.45) is 0 Å². The Morgan fingerprint density at radius 3 is 2.17 bits per heavy atom. The molecule has 0 aliphatic rings. The summed E-state index contributed by atoms with van der Waals surface area (Å²) in [4.78, 5) is 26.4. The first-order valence-electron chi connectivity index (χ1n) is 7.99. The number of ether oxygens (including phenoxy) is 2. The Bertz CT molecular complexity index is 533. The van der Waals surface area contributed by atoms with Crippen LogP contribution < -0.4 is 5.73 Å². The first kappa shape index (κ1) is 22.4. The van der Waals surface area contributed by atoms with Gasteiger partial charge in [0.25, 0.3) is 0 Å². The van der Waals surface area contributed by atoms with Crippen LogP contribution in [0, 0.1) is 0 Å². The van der Waals surface area contributed by atoms with Crippen molar-refractivity contribution in [3.05, 3.63) is 29.3 Å². The predicted octanol–water partition coefficient (Wildman–Crippen LogP) is 2.91. The quantitative estimate of drug-likeness (QED) is 0.504. The molecule has 0 atom stereocenters. The lowest BCUT2D eigenvalue weighted by atomic mass is 10.1. The van der Waals surface area contributed by atoms with Gasteiger partial charge in [-0.1, -0.05) is 20.8 Å². The minimum absolute atomic E-state index is 0. The Morgan fingerprint density at radius 2 is 1.58 bits per heavy atom. The van der Waals surface area contributed by atoms with E-state index in [0.29, 0.717) is 25.3 Å². The van der Waals surface area contributed by atoms with Crippen LogP contribution in [0.2, 0.25) is 0 Å². The lowest BCUT2D eigenvalue weighted by molar-refractivity contribution is 0.0435. The number of anilines is 1. The van der Waals surface area contributed by atoms with Crippen molar-refractivity contribution in [3.63, 3.8) is 0 Å². The van der Waals surface area contributed by atoms with Gasteiger partial charge >= 0.3 is 11.9 Å². The molecule has 0 spiro atoms. The van der Waals surface area contributed by atoms with Gasteiger partial charge in [0.15, 0.2) is 0 Å². The second-order valence-corrected chi connectivity index (χ2v) is 5.10. The Hall–Kier alpha value is -1.60. The third-order valence-corrected chi connectivity index (χ3v) is 3.46. The van der Waals surface area contributed by atoms with Gasteiger partial charge < -0.3 is 20.1 Å². The third kappa shape index (κ3) is 6.88. The number of hydrogen-bond donors (Lipinski definition) is 1. The van der Waals surface area contributed by atoms with Crippen molar-refractivity contribution in [2.45, 2.75) is 27.2 Å². The first-order chi connectivity index (χ1) is 11.0. The van der Waals surface area contributed by atoms with Crippen LogP contribution in [0.1, 0.15) is 47.9 Å². The lowest BCUT2D eigenvalue weighted by Crippen LogP contribution is -2.28. The van der Waals surface area contributed by atoms with Crippen LogP contribution in [0.4, 0.5) is 5.69 Å². The summed E-state index contributed by atoms with van der Waals surface area (Å²) in [7, 11) is 0. The number of carbonyl (C=O) groups excluding carboxylic acids is 2. The highest BCUT2D eigenvalue weighted by atomic mass is 79.9. The van der Waals surface area contributed by atoms with Crippen LogP contribution in [0.3, 0.4) is 0 Å². The van der Waals surface area contributed by atoms with E-state index in [0.717, 1.165) is 13.1 Å². The molecule has 1 rings (SSSR count). The largest absolute Gasteiger partial charge is 0.462 e. The highest BCUT2D eigenvalue weighted by Crippen LogP contribution is 2.16. The SMILES string of the molecule is Br.CCCOC(=O)c1ccc(N)cc1C(=O)OCCN(CC)CC. The van der Waals surface area contributed by atoms with Crippen molar-refractivity contribution in [2.75, 3.05) is 38.6 Å². The van der Waals surface area contributed by atoms with E-state index < -0.39 is 11.9 Å². The summed E-state index contributed by atoms with van der Waals surface area (Å²) in [5.74, 6) is -1.10. The molecule has 0 saturated carbocycles. The molecule has 1 aromatic rings. The van der Waals surface area contributed by atoms with Crippen LogP contribution >= 0.6 is 17.0 Å². The molecule has 0 amide bonds. The zero-order valence-electron chi connectivity index (χ0n) is 14.5. The molecule has 0 radical (unpaired) electrons. The van der Waals surface area contributed by atoms with Gasteiger partial charge in [-0.25, -0.2) is 9.59 Å². The topological polar surface area (TPSA) is 81.9 Å². The number of rotatable bonds is 9. The second kappa shape index (κ2) is 11.9. The normalized spacial score (nSPS) is 10.2. The maximum absolute atomic E-state index is 12.3. The Morgan fingerprint density at radius 1 is 1.00 bits per heavy atom. The van der Waals surface area contributed by atoms with Crippen LogP contribution in [0.15, 0.2) is 18.2 Å². The van der Waals surface area contributed by atoms with Crippen molar-refractivity contribution in [1.82, 2.24) is 4.90 Å². The number of nitrogens with two attached hydrogens (primary N) is 1. The van der Waals surface area contributed by atoms with E-state index in [2.05, 4.69) is 4.90 Å². The molecule has 7 heteroatoms. The summed E-state index contributed by atoms with van der Waals surface area (Å²) in [6.45, 7) is 8.99. The average molecular weight is 403 g/mol. The molecule has 0 unspecified atom stereocenters. The zero-order valence-corrected chi connectivity index (χ0v) is 16.3. The molecule has 0 saturated heterocycles. The van der Waals surface area contributed by atoms with Crippen molar-refractivity contribution in [3.8, 4) is 0 Å². The minimum Gasteiger partial charge on any atom is -0.462 e. The molecule has 0 aromatic heterocycles. The van der Waals surface area contributed by atoms with Gasteiger partial charge in [0.05, 0.1) is 17.7 Å². The lowest BCUT2D eigenvalue weighted by Gasteiger charge is -2.17. The predicted molar refractivity (Wildman–Crippen MR) is 99.8 cm³/mol. The van der Waals surface area contributed by atoms with Crippen molar-refractivity contribution in [1.29, 1.82) is 0 Å². The molecule has 2 N–H and O–H groups in total. The molecular formula is C17H27BrN2O4. The number of nitrogens with zero attached hydrogens (tertiary/aromatic N) is 1. The summed E-state index contributed by atoms with van der Waals surface area (Å²) in [5, 5.41) is 0. The molecule has 6 nitrogen and oxygen atoms in total. The molecule has 1 aromatic carbocycles. The molecule has 0 fully saturated rings. The monoisotopic (exact) mass is 402 g/mol. The molecule has 0 heterocycles. The number of esters is 2. The summed E-state index contributed by atoms with van der Waals surface area (Å²) >= 11 is 0.